The van der Waals surface area contributed by atoms with Crippen molar-refractivity contribution in [3.63, 3.8) is 0 Å². The molecule has 0 bridgehead atoms. The third-order valence-corrected chi connectivity index (χ3v) is 15.4. The van der Waals surface area contributed by atoms with Gasteiger partial charge in [0.15, 0.2) is 23.1 Å². The van der Waals surface area contributed by atoms with Gasteiger partial charge in [0.1, 0.15) is 0 Å². The summed E-state index contributed by atoms with van der Waals surface area (Å²) in [6.07, 6.45) is 5.55. The molecule has 0 radical (unpaired) electrons. The van der Waals surface area contributed by atoms with Gasteiger partial charge >= 0.3 is 0 Å². The van der Waals surface area contributed by atoms with E-state index in [2.05, 4.69) is 55.0 Å². The zero-order valence-corrected chi connectivity index (χ0v) is 34.6. The van der Waals surface area contributed by atoms with Crippen molar-refractivity contribution in [1.29, 1.82) is 0 Å². The van der Waals surface area contributed by atoms with Crippen molar-refractivity contribution in [2.24, 2.45) is 23.7 Å². The molecule has 10 heteroatoms. The first-order valence-corrected chi connectivity index (χ1v) is 21.2. The van der Waals surface area contributed by atoms with Gasteiger partial charge in [-0.2, -0.15) is 0 Å². The van der Waals surface area contributed by atoms with Gasteiger partial charge in [0.05, 0.1) is 28.8 Å². The van der Waals surface area contributed by atoms with E-state index in [1.807, 2.05) is 78.9 Å². The molecule has 3 aliphatic carbocycles. The van der Waals surface area contributed by atoms with Gasteiger partial charge in [-0.05, 0) is 97.9 Å². The number of halogens is 2. The fourth-order valence-electron chi connectivity index (χ4n) is 10.8. The molecule has 3 fully saturated rings. The number of hydrogen-bond donors (Lipinski definition) is 1. The third-order valence-electron chi connectivity index (χ3n) is 13.3. The fraction of sp³-hybridized carbons (Fsp3) is 0.319. The zero-order valence-electron chi connectivity index (χ0n) is 31.4. The molecule has 0 spiro atoms. The summed E-state index contributed by atoms with van der Waals surface area (Å²) in [6, 6.07) is 30.6. The van der Waals surface area contributed by atoms with Crippen LogP contribution in [-0.2, 0) is 31.1 Å². The Morgan fingerprint density at radius 1 is 0.825 bits per heavy atom. The minimum Gasteiger partial charge on any atom is -0.503 e. The number of methoxy groups -OCH3 is 1. The van der Waals surface area contributed by atoms with E-state index in [0.29, 0.717) is 50.5 Å². The SMILES string of the molecule is COc1cc([C@H]2C3=CC[C@@H]4C(=O)N(C5CCN(Cc6ccccc6)CC5)C(=O)[C@@H]4[C@@H]3C[C@H]3C(=O)C(c4ccccc4)=CC(=O)[C@@]23c2ccccc2)c(Br)c(Br)c1O. The molecular weight excluding hydrogens is 848 g/mol. The first-order valence-electron chi connectivity index (χ1n) is 19.6. The molecule has 2 heterocycles. The summed E-state index contributed by atoms with van der Waals surface area (Å²) < 4.78 is 6.54. The summed E-state index contributed by atoms with van der Waals surface area (Å²) in [5, 5.41) is 11.1. The second kappa shape index (κ2) is 14.9. The molecule has 8 nitrogen and oxygen atoms in total. The Bertz CT molecular complexity index is 2340. The fourth-order valence-corrected chi connectivity index (χ4v) is 11.7. The Balaban J connectivity index is 1.16. The van der Waals surface area contributed by atoms with Crippen LogP contribution < -0.4 is 4.74 Å². The first-order chi connectivity index (χ1) is 27.6. The van der Waals surface area contributed by atoms with Crippen molar-refractivity contribution < 1.29 is 29.0 Å². The average Bonchev–Trinajstić information content (AvgIpc) is 3.50. The number of amides is 2. The van der Waals surface area contributed by atoms with Crippen molar-refractivity contribution in [2.45, 2.75) is 49.6 Å². The number of likely N-dealkylation sites (tertiary alicyclic amines) is 2. The molecule has 1 saturated carbocycles. The molecule has 2 amide bonds. The molecule has 2 aliphatic heterocycles. The van der Waals surface area contributed by atoms with E-state index in [1.54, 1.807) is 11.0 Å². The summed E-state index contributed by atoms with van der Waals surface area (Å²) in [5.74, 6) is -3.95. The molecule has 290 valence electrons. The molecule has 57 heavy (non-hydrogen) atoms. The Kier molecular flexibility index (Phi) is 9.94. The van der Waals surface area contributed by atoms with E-state index in [1.165, 1.54) is 18.7 Å². The summed E-state index contributed by atoms with van der Waals surface area (Å²) in [7, 11) is 1.47. The van der Waals surface area contributed by atoms with Crippen molar-refractivity contribution in [3.05, 3.63) is 146 Å². The van der Waals surface area contributed by atoms with Crippen LogP contribution >= 0.6 is 31.9 Å². The van der Waals surface area contributed by atoms with E-state index in [0.717, 1.165) is 25.2 Å². The van der Waals surface area contributed by atoms with Gasteiger partial charge < -0.3 is 9.84 Å². The predicted molar refractivity (Wildman–Crippen MR) is 223 cm³/mol. The maximum atomic E-state index is 15.4. The number of nitrogens with zero attached hydrogens (tertiary/aromatic N) is 2. The number of aromatic hydroxyl groups is 1. The van der Waals surface area contributed by atoms with Crippen molar-refractivity contribution in [2.75, 3.05) is 20.2 Å². The number of hydrogen-bond acceptors (Lipinski definition) is 7. The molecule has 0 unspecified atom stereocenters. The van der Waals surface area contributed by atoms with Crippen molar-refractivity contribution >= 4 is 60.8 Å². The second-order valence-corrected chi connectivity index (χ2v) is 17.6. The van der Waals surface area contributed by atoms with Crippen LogP contribution in [0.3, 0.4) is 0 Å². The van der Waals surface area contributed by atoms with Crippen LogP contribution in [0, 0.1) is 23.7 Å². The minimum absolute atomic E-state index is 0.109. The lowest BCUT2D eigenvalue weighted by Gasteiger charge is -2.55. The van der Waals surface area contributed by atoms with Gasteiger partial charge in [-0.25, -0.2) is 0 Å². The quantitative estimate of drug-likeness (QED) is 0.147. The normalized spacial score (nSPS) is 27.7. The van der Waals surface area contributed by atoms with Gasteiger partial charge in [-0.15, -0.1) is 0 Å². The number of rotatable bonds is 7. The monoisotopic (exact) mass is 888 g/mol. The van der Waals surface area contributed by atoms with Gasteiger partial charge in [-0.3, -0.25) is 29.0 Å². The van der Waals surface area contributed by atoms with Gasteiger partial charge in [0.25, 0.3) is 0 Å². The number of imide groups is 1. The number of phenols is 1. The topological polar surface area (TPSA) is 104 Å². The van der Waals surface area contributed by atoms with Crippen LogP contribution in [0.4, 0.5) is 0 Å². The molecule has 1 N–H and O–H groups in total. The number of phenolic OH excluding ortho intramolecular Hbond substituents is 1. The number of ether oxygens (including phenoxy) is 1. The highest BCUT2D eigenvalue weighted by Crippen LogP contribution is 2.65. The number of allylic oxidation sites excluding steroid dienone is 4. The molecule has 6 atom stereocenters. The summed E-state index contributed by atoms with van der Waals surface area (Å²) >= 11 is 7.35. The van der Waals surface area contributed by atoms with E-state index in [-0.39, 0.29) is 47.3 Å². The number of Topliss-reactive ketones (excluding diaryl/α,β-unsaturated/α-hetero) is 1. The number of fused-ring (bicyclic) bond motifs is 4. The number of ketones is 2. The van der Waals surface area contributed by atoms with E-state index in [4.69, 9.17) is 4.74 Å². The Hall–Kier alpha value is -4.64. The highest BCUT2D eigenvalue weighted by atomic mass is 79.9. The maximum absolute atomic E-state index is 15.4. The van der Waals surface area contributed by atoms with Crippen molar-refractivity contribution in [1.82, 2.24) is 9.80 Å². The lowest BCUT2D eigenvalue weighted by Crippen LogP contribution is -2.59. The highest BCUT2D eigenvalue weighted by molar-refractivity contribution is 9.13. The molecule has 4 aromatic carbocycles. The molecular formula is C47H42Br2N2O6. The molecule has 4 aromatic rings. The Morgan fingerprint density at radius 2 is 1.47 bits per heavy atom. The third kappa shape index (κ3) is 6.00. The van der Waals surface area contributed by atoms with Crippen LogP contribution in [0.15, 0.2) is 124 Å². The summed E-state index contributed by atoms with van der Waals surface area (Å²) in [5.41, 5.74) is 3.01. The number of piperidine rings is 1. The number of carbonyl (C=O) groups excluding carboxylic acids is 4. The summed E-state index contributed by atoms with van der Waals surface area (Å²) in [4.78, 5) is 64.1. The van der Waals surface area contributed by atoms with Crippen LogP contribution in [-0.4, -0.2) is 64.5 Å². The van der Waals surface area contributed by atoms with Crippen LogP contribution in [0.5, 0.6) is 11.5 Å². The smallest absolute Gasteiger partial charge is 0.233 e. The van der Waals surface area contributed by atoms with E-state index < -0.39 is 35.0 Å². The lowest BCUT2D eigenvalue weighted by molar-refractivity contribution is -0.144. The van der Waals surface area contributed by atoms with Gasteiger partial charge in [0.2, 0.25) is 11.8 Å². The molecule has 9 rings (SSSR count). The maximum Gasteiger partial charge on any atom is 0.233 e. The first kappa shape index (κ1) is 37.9. The number of benzene rings is 4. The number of carbonyl (C=O) groups is 4. The van der Waals surface area contributed by atoms with Crippen molar-refractivity contribution in [3.8, 4) is 11.5 Å². The standard InChI is InChI=1S/C47H42Br2N2O6/c1-57-37-24-35(41(48)42(49)44(37)54)40-31-17-18-32-39(46(56)51(45(32)55)30-19-21-50(22-20-30)26-27-11-5-2-6-12-27)34(31)23-36-43(53)33(28-13-7-3-8-14-28)25-38(52)47(36,40)29-15-9-4-10-16-29/h2-17,24-25,30,32,34,36,39-40,54H,18-23,26H2,1H3/t32-,34+,36-,39-,40+,47-/m0/s1. The van der Waals surface area contributed by atoms with Crippen LogP contribution in [0.2, 0.25) is 0 Å². The predicted octanol–water partition coefficient (Wildman–Crippen LogP) is 8.41. The zero-order chi connectivity index (χ0) is 39.6. The van der Waals surface area contributed by atoms with E-state index >= 15 is 9.59 Å². The molecule has 5 aliphatic rings. The summed E-state index contributed by atoms with van der Waals surface area (Å²) in [6.45, 7) is 2.38. The molecule has 2 saturated heterocycles. The second-order valence-electron chi connectivity index (χ2n) is 16.0. The van der Waals surface area contributed by atoms with Crippen LogP contribution in [0.1, 0.15) is 53.9 Å². The Labute approximate surface area is 348 Å². The van der Waals surface area contributed by atoms with Gasteiger partial charge in [0, 0.05) is 47.6 Å². The highest BCUT2D eigenvalue weighted by Gasteiger charge is 2.66. The Morgan fingerprint density at radius 3 is 2.14 bits per heavy atom. The molecule has 0 aromatic heterocycles. The largest absolute Gasteiger partial charge is 0.503 e. The van der Waals surface area contributed by atoms with E-state index in [9.17, 15) is 14.7 Å². The minimum atomic E-state index is -1.41. The van der Waals surface area contributed by atoms with Gasteiger partial charge in [-0.1, -0.05) is 103 Å². The lowest BCUT2D eigenvalue weighted by atomic mass is 9.44. The average molecular weight is 891 g/mol. The van der Waals surface area contributed by atoms with Crippen LogP contribution in [0.25, 0.3) is 5.57 Å².